The number of piperidine rings is 1. The van der Waals surface area contributed by atoms with E-state index in [1.54, 1.807) is 4.31 Å². The number of sulfonamides is 1. The lowest BCUT2D eigenvalue weighted by Crippen LogP contribution is -2.52. The maximum atomic E-state index is 12.2. The van der Waals surface area contributed by atoms with Gasteiger partial charge in [0.2, 0.25) is 10.0 Å². The van der Waals surface area contributed by atoms with Crippen molar-refractivity contribution < 1.29 is 17.9 Å². The molecule has 2 fully saturated rings. The van der Waals surface area contributed by atoms with Gasteiger partial charge in [-0.1, -0.05) is 26.0 Å². The third-order valence-electron chi connectivity index (χ3n) is 5.33. The summed E-state index contributed by atoms with van der Waals surface area (Å²) in [5.41, 5.74) is 1.23. The van der Waals surface area contributed by atoms with E-state index < -0.39 is 10.0 Å². The molecule has 0 spiro atoms. The zero-order valence-corrected chi connectivity index (χ0v) is 16.5. The fraction of sp³-hybridized carbons (Fsp3) is 0.632. The monoisotopic (exact) mass is 380 g/mol. The quantitative estimate of drug-likeness (QED) is 0.821. The molecule has 26 heavy (non-hydrogen) atoms. The number of carbonyl (C=O) groups is 1. The van der Waals surface area contributed by atoms with E-state index in [-0.39, 0.29) is 30.6 Å². The Hall–Kier alpha value is -1.60. The number of ether oxygens (including phenoxy) is 1. The molecule has 0 radical (unpaired) electrons. The summed E-state index contributed by atoms with van der Waals surface area (Å²) < 4.78 is 31.1. The number of carbonyl (C=O) groups excluding carboxylic acids is 1. The van der Waals surface area contributed by atoms with Crippen LogP contribution in [0.3, 0.4) is 0 Å². The molecule has 1 aromatic carbocycles. The zero-order valence-electron chi connectivity index (χ0n) is 15.6. The summed E-state index contributed by atoms with van der Waals surface area (Å²) in [5.74, 6) is 0.979. The summed E-state index contributed by atoms with van der Waals surface area (Å²) in [5, 5.41) is 3.01. The van der Waals surface area contributed by atoms with E-state index in [9.17, 15) is 13.2 Å². The van der Waals surface area contributed by atoms with Crippen molar-refractivity contribution in [2.45, 2.75) is 63.6 Å². The second-order valence-corrected chi connectivity index (χ2v) is 9.61. The van der Waals surface area contributed by atoms with E-state index in [0.29, 0.717) is 24.5 Å². The lowest BCUT2D eigenvalue weighted by atomic mass is 10.00. The van der Waals surface area contributed by atoms with Gasteiger partial charge >= 0.3 is 0 Å². The van der Waals surface area contributed by atoms with Crippen LogP contribution in [0.15, 0.2) is 24.3 Å². The summed E-state index contributed by atoms with van der Waals surface area (Å²) in [6.45, 7) is 4.24. The third kappa shape index (κ3) is 4.38. The fourth-order valence-electron chi connectivity index (χ4n) is 4.16. The molecular formula is C19H28N2O4S. The van der Waals surface area contributed by atoms with Crippen LogP contribution in [0.2, 0.25) is 0 Å². The molecule has 2 atom stereocenters. The maximum Gasteiger partial charge on any atom is 0.258 e. The third-order valence-corrected chi connectivity index (χ3v) is 6.69. The minimum absolute atomic E-state index is 0.0125. The highest BCUT2D eigenvalue weighted by Crippen LogP contribution is 2.37. The topological polar surface area (TPSA) is 75.7 Å². The minimum atomic E-state index is -3.17. The SMILES string of the molecule is CC(C)c1ccc(OCC(=O)NC2CC3CCC(C2)N3S(C)(=O)=O)cc1. The van der Waals surface area contributed by atoms with Gasteiger partial charge in [0.25, 0.3) is 5.91 Å². The molecule has 1 amide bonds. The van der Waals surface area contributed by atoms with Crippen LogP contribution in [0, 0.1) is 0 Å². The molecule has 1 aromatic rings. The van der Waals surface area contributed by atoms with Gasteiger partial charge in [0, 0.05) is 18.1 Å². The molecule has 2 aliphatic rings. The molecule has 144 valence electrons. The second kappa shape index (κ2) is 7.56. The van der Waals surface area contributed by atoms with Gasteiger partial charge in [-0.15, -0.1) is 0 Å². The average Bonchev–Trinajstić information content (AvgIpc) is 2.86. The molecule has 0 aliphatic carbocycles. The molecule has 2 bridgehead atoms. The van der Waals surface area contributed by atoms with Gasteiger partial charge < -0.3 is 10.1 Å². The van der Waals surface area contributed by atoms with Crippen molar-refractivity contribution in [2.75, 3.05) is 12.9 Å². The number of nitrogens with zero attached hydrogens (tertiary/aromatic N) is 1. The lowest BCUT2D eigenvalue weighted by Gasteiger charge is -2.37. The van der Waals surface area contributed by atoms with Crippen LogP contribution in [0.5, 0.6) is 5.75 Å². The number of amides is 1. The van der Waals surface area contributed by atoms with Crippen LogP contribution in [0.4, 0.5) is 0 Å². The normalized spacial score (nSPS) is 26.1. The molecule has 2 saturated heterocycles. The highest BCUT2D eigenvalue weighted by molar-refractivity contribution is 7.88. The molecule has 1 N–H and O–H groups in total. The van der Waals surface area contributed by atoms with Crippen molar-refractivity contribution in [2.24, 2.45) is 0 Å². The fourth-order valence-corrected chi connectivity index (χ4v) is 5.63. The Bertz CT molecular complexity index is 731. The van der Waals surface area contributed by atoms with E-state index in [1.807, 2.05) is 24.3 Å². The van der Waals surface area contributed by atoms with Crippen LogP contribution in [0.1, 0.15) is 51.0 Å². The van der Waals surface area contributed by atoms with Crippen molar-refractivity contribution in [1.82, 2.24) is 9.62 Å². The summed E-state index contributed by atoms with van der Waals surface area (Å²) >= 11 is 0. The Morgan fingerprint density at radius 3 is 2.27 bits per heavy atom. The Morgan fingerprint density at radius 1 is 1.19 bits per heavy atom. The van der Waals surface area contributed by atoms with E-state index in [2.05, 4.69) is 19.2 Å². The van der Waals surface area contributed by atoms with E-state index >= 15 is 0 Å². The summed E-state index contributed by atoms with van der Waals surface area (Å²) in [7, 11) is -3.17. The van der Waals surface area contributed by atoms with Gasteiger partial charge in [-0.05, 0) is 49.3 Å². The van der Waals surface area contributed by atoms with E-state index in [1.165, 1.54) is 11.8 Å². The van der Waals surface area contributed by atoms with Crippen molar-refractivity contribution in [3.8, 4) is 5.75 Å². The molecule has 7 heteroatoms. The Morgan fingerprint density at radius 2 is 1.77 bits per heavy atom. The first-order valence-electron chi connectivity index (χ1n) is 9.24. The number of nitrogens with one attached hydrogen (secondary N) is 1. The Labute approximate surface area is 156 Å². The van der Waals surface area contributed by atoms with Crippen LogP contribution in [-0.2, 0) is 14.8 Å². The van der Waals surface area contributed by atoms with Crippen molar-refractivity contribution in [3.63, 3.8) is 0 Å². The standard InChI is InChI=1S/C19H28N2O4S/c1-13(2)14-4-8-18(9-5-14)25-12-19(22)20-15-10-16-6-7-17(11-15)21(16)26(3,23)24/h4-5,8-9,13,15-17H,6-7,10-12H2,1-3H3,(H,20,22). The number of benzene rings is 1. The van der Waals surface area contributed by atoms with Gasteiger partial charge in [-0.3, -0.25) is 4.79 Å². The first-order valence-corrected chi connectivity index (χ1v) is 11.1. The highest BCUT2D eigenvalue weighted by atomic mass is 32.2. The number of hydrogen-bond donors (Lipinski definition) is 1. The number of hydrogen-bond acceptors (Lipinski definition) is 4. The smallest absolute Gasteiger partial charge is 0.258 e. The summed E-state index contributed by atoms with van der Waals surface area (Å²) in [6, 6.07) is 7.83. The first-order chi connectivity index (χ1) is 12.2. The molecule has 3 rings (SSSR count). The Kier molecular flexibility index (Phi) is 5.58. The highest BCUT2D eigenvalue weighted by Gasteiger charge is 2.45. The molecule has 6 nitrogen and oxygen atoms in total. The molecule has 2 heterocycles. The maximum absolute atomic E-state index is 12.2. The largest absolute Gasteiger partial charge is 0.484 e. The zero-order chi connectivity index (χ0) is 18.9. The molecule has 2 aliphatic heterocycles. The van der Waals surface area contributed by atoms with Crippen LogP contribution < -0.4 is 10.1 Å². The van der Waals surface area contributed by atoms with E-state index in [0.717, 1.165) is 12.8 Å². The van der Waals surface area contributed by atoms with Crippen LogP contribution in [-0.4, -0.2) is 49.6 Å². The van der Waals surface area contributed by atoms with Gasteiger partial charge in [0.15, 0.2) is 6.61 Å². The molecular weight excluding hydrogens is 352 g/mol. The van der Waals surface area contributed by atoms with Crippen LogP contribution in [0.25, 0.3) is 0 Å². The van der Waals surface area contributed by atoms with Crippen molar-refractivity contribution in [1.29, 1.82) is 0 Å². The average molecular weight is 381 g/mol. The minimum Gasteiger partial charge on any atom is -0.484 e. The molecule has 2 unspecified atom stereocenters. The predicted octanol–water partition coefficient (Wildman–Crippen LogP) is 2.26. The van der Waals surface area contributed by atoms with E-state index in [4.69, 9.17) is 4.74 Å². The number of rotatable bonds is 6. The van der Waals surface area contributed by atoms with Crippen molar-refractivity contribution >= 4 is 15.9 Å². The van der Waals surface area contributed by atoms with Crippen LogP contribution >= 0.6 is 0 Å². The number of fused-ring (bicyclic) bond motifs is 2. The van der Waals surface area contributed by atoms with Gasteiger partial charge in [-0.2, -0.15) is 4.31 Å². The lowest BCUT2D eigenvalue weighted by molar-refractivity contribution is -0.124. The summed E-state index contributed by atoms with van der Waals surface area (Å²) in [4.78, 5) is 12.2. The molecule has 0 aromatic heterocycles. The van der Waals surface area contributed by atoms with Crippen molar-refractivity contribution in [3.05, 3.63) is 29.8 Å². The summed E-state index contributed by atoms with van der Waals surface area (Å²) in [6.07, 6.45) is 4.39. The first kappa shape index (κ1) is 19.2. The van der Waals surface area contributed by atoms with Gasteiger partial charge in [0.05, 0.1) is 6.26 Å². The van der Waals surface area contributed by atoms with Gasteiger partial charge in [-0.25, -0.2) is 8.42 Å². The Balaban J connectivity index is 1.49. The second-order valence-electron chi connectivity index (χ2n) is 7.73. The molecule has 0 saturated carbocycles. The predicted molar refractivity (Wildman–Crippen MR) is 101 cm³/mol. The van der Waals surface area contributed by atoms with Gasteiger partial charge in [0.1, 0.15) is 5.75 Å².